The molecule has 3 nitrogen and oxygen atoms in total. The Hall–Kier alpha value is -1.46. The molecular weight excluding hydrogens is 345 g/mol. The second kappa shape index (κ2) is 5.14. The van der Waals surface area contributed by atoms with Crippen LogP contribution in [0.4, 0.5) is 4.39 Å². The third kappa shape index (κ3) is 2.31. The molecule has 0 spiro atoms. The first-order valence-electron chi connectivity index (χ1n) is 5.95. The van der Waals surface area contributed by atoms with Crippen LogP contribution in [0.15, 0.2) is 34.9 Å². The maximum absolute atomic E-state index is 13.6. The number of nitrogens with zero attached hydrogens (tertiary/aromatic N) is 3. The molecule has 0 aliphatic rings. The normalized spacial score (nSPS) is 11.2. The lowest BCUT2D eigenvalue weighted by Crippen LogP contribution is -2.01. The first kappa shape index (κ1) is 13.5. The maximum Gasteiger partial charge on any atom is 0.164 e. The van der Waals surface area contributed by atoms with Crippen molar-refractivity contribution in [1.82, 2.24) is 14.5 Å². The second-order valence-corrected chi connectivity index (χ2v) is 5.66. The van der Waals surface area contributed by atoms with Gasteiger partial charge in [-0.3, -0.25) is 4.57 Å². The molecule has 3 aromatic rings. The number of aromatic nitrogens is 3. The maximum atomic E-state index is 13.6. The van der Waals surface area contributed by atoms with Gasteiger partial charge in [0.1, 0.15) is 17.2 Å². The van der Waals surface area contributed by atoms with E-state index in [2.05, 4.69) is 25.9 Å². The van der Waals surface area contributed by atoms with Gasteiger partial charge in [0, 0.05) is 10.7 Å². The summed E-state index contributed by atoms with van der Waals surface area (Å²) in [5.74, 6) is 0.570. The minimum atomic E-state index is -0.292. The quantitative estimate of drug-likeness (QED) is 0.640. The van der Waals surface area contributed by atoms with Gasteiger partial charge in [0.15, 0.2) is 5.65 Å². The van der Waals surface area contributed by atoms with Gasteiger partial charge >= 0.3 is 0 Å². The number of rotatable bonds is 2. The van der Waals surface area contributed by atoms with Crippen molar-refractivity contribution >= 4 is 38.7 Å². The van der Waals surface area contributed by atoms with Crippen molar-refractivity contribution in [2.45, 2.75) is 12.8 Å². The molecule has 0 N–H and O–H groups in total. The molecule has 102 valence electrons. The third-order valence-electron chi connectivity index (χ3n) is 2.94. The van der Waals surface area contributed by atoms with Crippen LogP contribution in [0.5, 0.6) is 0 Å². The number of imidazole rings is 1. The molecule has 0 atom stereocenters. The Kier molecular flexibility index (Phi) is 3.48. The molecule has 2 heterocycles. The number of aryl methyl sites for hydroxylation is 1. The van der Waals surface area contributed by atoms with Crippen molar-refractivity contribution in [1.29, 1.82) is 0 Å². The molecule has 0 amide bonds. The summed E-state index contributed by atoms with van der Waals surface area (Å²) >= 11 is 9.32. The fourth-order valence-electron chi connectivity index (χ4n) is 2.19. The van der Waals surface area contributed by atoms with E-state index in [-0.39, 0.29) is 11.7 Å². The van der Waals surface area contributed by atoms with Crippen LogP contribution in [0.25, 0.3) is 16.9 Å². The molecular formula is C14H10BrClFN3. The van der Waals surface area contributed by atoms with Crippen molar-refractivity contribution in [3.8, 4) is 5.69 Å². The molecule has 0 radical (unpaired) electrons. The van der Waals surface area contributed by atoms with E-state index in [1.165, 1.54) is 12.1 Å². The molecule has 0 saturated carbocycles. The molecule has 0 unspecified atom stereocenters. The standard InChI is InChI=1S/C14H10BrClFN3/c1-8-2-10(17)5-11(3-8)20-13(6-16)19-12-4-9(15)7-18-14(12)20/h2-5,7H,6H2,1H3. The van der Waals surface area contributed by atoms with E-state index in [1.807, 2.05) is 19.1 Å². The van der Waals surface area contributed by atoms with E-state index < -0.39 is 0 Å². The Labute approximate surface area is 128 Å². The predicted molar refractivity (Wildman–Crippen MR) is 80.8 cm³/mol. The van der Waals surface area contributed by atoms with Gasteiger partial charge in [-0.1, -0.05) is 0 Å². The molecule has 2 aromatic heterocycles. The van der Waals surface area contributed by atoms with Crippen LogP contribution < -0.4 is 0 Å². The number of alkyl halides is 1. The summed E-state index contributed by atoms with van der Waals surface area (Å²) in [6.45, 7) is 1.84. The number of fused-ring (bicyclic) bond motifs is 1. The summed E-state index contributed by atoms with van der Waals surface area (Å²) in [6, 6.07) is 6.67. The summed E-state index contributed by atoms with van der Waals surface area (Å²) < 4.78 is 16.2. The smallest absolute Gasteiger partial charge is 0.164 e. The monoisotopic (exact) mass is 353 g/mol. The minimum absolute atomic E-state index is 0.226. The van der Waals surface area contributed by atoms with Crippen molar-refractivity contribution in [2.75, 3.05) is 0 Å². The number of hydrogen-bond donors (Lipinski definition) is 0. The Morgan fingerprint density at radius 1 is 1.30 bits per heavy atom. The zero-order chi connectivity index (χ0) is 14.3. The summed E-state index contributed by atoms with van der Waals surface area (Å²) in [5, 5.41) is 0. The van der Waals surface area contributed by atoms with Crippen LogP contribution in [0, 0.1) is 12.7 Å². The molecule has 20 heavy (non-hydrogen) atoms. The lowest BCUT2D eigenvalue weighted by atomic mass is 10.2. The minimum Gasteiger partial charge on any atom is -0.280 e. The van der Waals surface area contributed by atoms with Crippen molar-refractivity contribution < 1.29 is 4.39 Å². The Morgan fingerprint density at radius 2 is 2.10 bits per heavy atom. The lowest BCUT2D eigenvalue weighted by molar-refractivity contribution is 0.625. The predicted octanol–water partition coefficient (Wildman–Crippen LogP) is 4.37. The largest absolute Gasteiger partial charge is 0.280 e. The molecule has 3 rings (SSSR count). The van der Waals surface area contributed by atoms with Crippen LogP contribution >= 0.6 is 27.5 Å². The van der Waals surface area contributed by atoms with Gasteiger partial charge in [-0.15, -0.1) is 11.6 Å². The van der Waals surface area contributed by atoms with Gasteiger partial charge < -0.3 is 0 Å². The van der Waals surface area contributed by atoms with Gasteiger partial charge in [-0.2, -0.15) is 0 Å². The SMILES string of the molecule is Cc1cc(F)cc(-n2c(CCl)nc3cc(Br)cnc32)c1. The van der Waals surface area contributed by atoms with Crippen LogP contribution in [0.1, 0.15) is 11.4 Å². The van der Waals surface area contributed by atoms with E-state index in [0.29, 0.717) is 17.2 Å². The Morgan fingerprint density at radius 3 is 2.80 bits per heavy atom. The molecule has 0 saturated heterocycles. The highest BCUT2D eigenvalue weighted by atomic mass is 79.9. The first-order chi connectivity index (χ1) is 9.58. The number of hydrogen-bond acceptors (Lipinski definition) is 2. The van der Waals surface area contributed by atoms with Gasteiger partial charge in [0.25, 0.3) is 0 Å². The summed E-state index contributed by atoms with van der Waals surface area (Å²) in [5.41, 5.74) is 2.89. The average molecular weight is 355 g/mol. The summed E-state index contributed by atoms with van der Waals surface area (Å²) in [4.78, 5) is 8.80. The first-order valence-corrected chi connectivity index (χ1v) is 7.27. The molecule has 0 aliphatic carbocycles. The fourth-order valence-corrected chi connectivity index (χ4v) is 2.69. The van der Waals surface area contributed by atoms with Crippen LogP contribution in [0.3, 0.4) is 0 Å². The summed E-state index contributed by atoms with van der Waals surface area (Å²) in [7, 11) is 0. The van der Waals surface area contributed by atoms with Crippen LogP contribution in [-0.4, -0.2) is 14.5 Å². The molecule has 0 aliphatic heterocycles. The molecule has 0 fully saturated rings. The number of pyridine rings is 1. The zero-order valence-corrected chi connectivity index (χ0v) is 12.9. The van der Waals surface area contributed by atoms with Crippen molar-refractivity contribution in [2.24, 2.45) is 0 Å². The zero-order valence-electron chi connectivity index (χ0n) is 10.6. The lowest BCUT2D eigenvalue weighted by Gasteiger charge is -2.08. The van der Waals surface area contributed by atoms with Crippen LogP contribution in [0.2, 0.25) is 0 Å². The number of benzene rings is 1. The highest BCUT2D eigenvalue weighted by Gasteiger charge is 2.14. The molecule has 0 bridgehead atoms. The van der Waals surface area contributed by atoms with Gasteiger partial charge in [0.05, 0.1) is 11.6 Å². The fraction of sp³-hybridized carbons (Fsp3) is 0.143. The van der Waals surface area contributed by atoms with E-state index in [4.69, 9.17) is 11.6 Å². The molecule has 6 heteroatoms. The van der Waals surface area contributed by atoms with E-state index >= 15 is 0 Å². The van der Waals surface area contributed by atoms with Crippen molar-refractivity contribution in [3.05, 3.63) is 52.1 Å². The average Bonchev–Trinajstić information content (AvgIpc) is 2.74. The highest BCUT2D eigenvalue weighted by Crippen LogP contribution is 2.24. The highest BCUT2D eigenvalue weighted by molar-refractivity contribution is 9.10. The molecule has 1 aromatic carbocycles. The van der Waals surface area contributed by atoms with E-state index in [1.54, 1.807) is 10.8 Å². The van der Waals surface area contributed by atoms with Gasteiger partial charge in [-0.05, 0) is 52.7 Å². The number of halogens is 3. The third-order valence-corrected chi connectivity index (χ3v) is 3.61. The van der Waals surface area contributed by atoms with Crippen LogP contribution in [-0.2, 0) is 5.88 Å². The Bertz CT molecular complexity index is 780. The van der Waals surface area contributed by atoms with E-state index in [9.17, 15) is 4.39 Å². The summed E-state index contributed by atoms with van der Waals surface area (Å²) in [6.07, 6.45) is 1.69. The van der Waals surface area contributed by atoms with Crippen molar-refractivity contribution in [3.63, 3.8) is 0 Å². The van der Waals surface area contributed by atoms with Gasteiger partial charge in [0.2, 0.25) is 0 Å². The topological polar surface area (TPSA) is 30.7 Å². The van der Waals surface area contributed by atoms with E-state index in [0.717, 1.165) is 15.6 Å². The Balaban J connectivity index is 2.33. The van der Waals surface area contributed by atoms with Gasteiger partial charge in [-0.25, -0.2) is 14.4 Å². The second-order valence-electron chi connectivity index (χ2n) is 4.48.